The SMILES string of the molecule is CNC(C)(CN(C)CC1CCCC1)C(=O)OC. The molecule has 1 aliphatic carbocycles. The third-order valence-corrected chi connectivity index (χ3v) is 3.82. The summed E-state index contributed by atoms with van der Waals surface area (Å²) in [6, 6.07) is 0. The van der Waals surface area contributed by atoms with Crippen LogP contribution in [0, 0.1) is 5.92 Å². The third-order valence-electron chi connectivity index (χ3n) is 3.82. The van der Waals surface area contributed by atoms with E-state index in [1.54, 1.807) is 7.05 Å². The summed E-state index contributed by atoms with van der Waals surface area (Å²) in [4.78, 5) is 14.0. The molecule has 1 N–H and O–H groups in total. The minimum Gasteiger partial charge on any atom is -0.468 e. The molecule has 0 radical (unpaired) electrons. The molecule has 0 saturated heterocycles. The number of rotatable bonds is 6. The van der Waals surface area contributed by atoms with E-state index in [4.69, 9.17) is 4.74 Å². The van der Waals surface area contributed by atoms with Crippen molar-refractivity contribution >= 4 is 5.97 Å². The van der Waals surface area contributed by atoms with Crippen LogP contribution in [0.25, 0.3) is 0 Å². The number of nitrogens with one attached hydrogen (secondary N) is 1. The van der Waals surface area contributed by atoms with E-state index < -0.39 is 5.54 Å². The molecule has 1 unspecified atom stereocenters. The van der Waals surface area contributed by atoms with Crippen LogP contribution in [0.3, 0.4) is 0 Å². The molecule has 0 aromatic heterocycles. The zero-order valence-corrected chi connectivity index (χ0v) is 11.6. The minimum absolute atomic E-state index is 0.196. The normalized spacial score (nSPS) is 20.5. The summed E-state index contributed by atoms with van der Waals surface area (Å²) in [5.74, 6) is 0.608. The Bertz CT molecular complexity index is 252. The van der Waals surface area contributed by atoms with E-state index in [0.717, 1.165) is 12.5 Å². The molecule has 1 saturated carbocycles. The van der Waals surface area contributed by atoms with E-state index in [1.807, 2.05) is 6.92 Å². The molecule has 1 atom stereocenters. The molecule has 4 nitrogen and oxygen atoms in total. The van der Waals surface area contributed by atoms with Crippen LogP contribution in [0.5, 0.6) is 0 Å². The molecule has 0 spiro atoms. The molecule has 1 fully saturated rings. The van der Waals surface area contributed by atoms with Gasteiger partial charge in [0.05, 0.1) is 7.11 Å². The number of methoxy groups -OCH3 is 1. The maximum absolute atomic E-state index is 11.7. The molecule has 0 aromatic rings. The van der Waals surface area contributed by atoms with Crippen LogP contribution in [0.15, 0.2) is 0 Å². The molecular formula is C13H26N2O2. The largest absolute Gasteiger partial charge is 0.468 e. The van der Waals surface area contributed by atoms with Crippen molar-refractivity contribution in [2.45, 2.75) is 38.1 Å². The second kappa shape index (κ2) is 6.36. The van der Waals surface area contributed by atoms with Gasteiger partial charge in [-0.2, -0.15) is 0 Å². The van der Waals surface area contributed by atoms with Gasteiger partial charge in [-0.25, -0.2) is 0 Å². The van der Waals surface area contributed by atoms with Crippen molar-refractivity contribution in [2.24, 2.45) is 5.92 Å². The summed E-state index contributed by atoms with van der Waals surface area (Å²) >= 11 is 0. The Balaban J connectivity index is 2.46. The summed E-state index contributed by atoms with van der Waals surface area (Å²) < 4.78 is 4.85. The van der Waals surface area contributed by atoms with Crippen LogP contribution in [0.2, 0.25) is 0 Å². The molecule has 1 rings (SSSR count). The smallest absolute Gasteiger partial charge is 0.327 e. The van der Waals surface area contributed by atoms with Gasteiger partial charge in [0.2, 0.25) is 0 Å². The van der Waals surface area contributed by atoms with Gasteiger partial charge >= 0.3 is 5.97 Å². The topological polar surface area (TPSA) is 41.6 Å². The highest BCUT2D eigenvalue weighted by atomic mass is 16.5. The lowest BCUT2D eigenvalue weighted by Gasteiger charge is -2.32. The number of esters is 1. The average Bonchev–Trinajstić information content (AvgIpc) is 2.80. The highest BCUT2D eigenvalue weighted by Crippen LogP contribution is 2.25. The van der Waals surface area contributed by atoms with Gasteiger partial charge in [-0.15, -0.1) is 0 Å². The number of hydrogen-bond donors (Lipinski definition) is 1. The standard InChI is InChI=1S/C13H26N2O2/c1-13(14-2,12(16)17-4)10-15(3)9-11-7-5-6-8-11/h11,14H,5-10H2,1-4H3. The van der Waals surface area contributed by atoms with Crippen LogP contribution in [0.4, 0.5) is 0 Å². The van der Waals surface area contributed by atoms with Gasteiger partial charge in [0.1, 0.15) is 5.54 Å². The monoisotopic (exact) mass is 242 g/mol. The highest BCUT2D eigenvalue weighted by Gasteiger charge is 2.34. The first-order valence-electron chi connectivity index (χ1n) is 6.47. The van der Waals surface area contributed by atoms with Gasteiger partial charge in [0, 0.05) is 13.1 Å². The van der Waals surface area contributed by atoms with E-state index >= 15 is 0 Å². The molecule has 0 heterocycles. The number of carbonyl (C=O) groups is 1. The maximum Gasteiger partial charge on any atom is 0.327 e. The molecule has 1 aliphatic rings. The first kappa shape index (κ1) is 14.5. The number of nitrogens with zero attached hydrogens (tertiary/aromatic N) is 1. The van der Waals surface area contributed by atoms with E-state index in [2.05, 4.69) is 17.3 Å². The summed E-state index contributed by atoms with van der Waals surface area (Å²) in [7, 11) is 5.33. The van der Waals surface area contributed by atoms with Crippen molar-refractivity contribution in [3.05, 3.63) is 0 Å². The lowest BCUT2D eigenvalue weighted by Crippen LogP contribution is -2.55. The summed E-state index contributed by atoms with van der Waals surface area (Å²) in [6.45, 7) is 3.66. The van der Waals surface area contributed by atoms with Gasteiger partial charge in [-0.3, -0.25) is 4.79 Å². The number of carbonyl (C=O) groups excluding carboxylic acids is 1. The maximum atomic E-state index is 11.7. The van der Waals surface area contributed by atoms with Crippen molar-refractivity contribution in [1.82, 2.24) is 10.2 Å². The fourth-order valence-electron chi connectivity index (χ4n) is 2.71. The predicted octanol–water partition coefficient (Wildman–Crippen LogP) is 1.26. The van der Waals surface area contributed by atoms with E-state index in [1.165, 1.54) is 32.8 Å². The summed E-state index contributed by atoms with van der Waals surface area (Å²) in [5.41, 5.74) is -0.609. The Hall–Kier alpha value is -0.610. The Labute approximate surface area is 105 Å². The molecule has 17 heavy (non-hydrogen) atoms. The molecule has 0 aromatic carbocycles. The summed E-state index contributed by atoms with van der Waals surface area (Å²) in [5, 5.41) is 3.07. The second-order valence-corrected chi connectivity index (χ2v) is 5.42. The quantitative estimate of drug-likeness (QED) is 0.712. The predicted molar refractivity (Wildman–Crippen MR) is 68.9 cm³/mol. The van der Waals surface area contributed by atoms with Gasteiger partial charge in [-0.05, 0) is 39.8 Å². The molecule has 100 valence electrons. The molecule has 0 amide bonds. The van der Waals surface area contributed by atoms with E-state index in [9.17, 15) is 4.79 Å². The van der Waals surface area contributed by atoms with Crippen LogP contribution < -0.4 is 5.32 Å². The van der Waals surface area contributed by atoms with Gasteiger partial charge < -0.3 is 15.0 Å². The lowest BCUT2D eigenvalue weighted by molar-refractivity contribution is -0.148. The van der Waals surface area contributed by atoms with Crippen LogP contribution in [-0.2, 0) is 9.53 Å². The Morgan fingerprint density at radius 3 is 2.53 bits per heavy atom. The van der Waals surface area contributed by atoms with Gasteiger partial charge in [0.15, 0.2) is 0 Å². The average molecular weight is 242 g/mol. The number of likely N-dealkylation sites (N-methyl/N-ethyl adjacent to an activating group) is 2. The Kier molecular flexibility index (Phi) is 5.40. The second-order valence-electron chi connectivity index (χ2n) is 5.42. The summed E-state index contributed by atoms with van der Waals surface area (Å²) in [6.07, 6.45) is 5.38. The fourth-order valence-corrected chi connectivity index (χ4v) is 2.71. The van der Waals surface area contributed by atoms with E-state index in [-0.39, 0.29) is 5.97 Å². The van der Waals surface area contributed by atoms with Gasteiger partial charge in [0.25, 0.3) is 0 Å². The molecule has 0 aliphatic heterocycles. The molecule has 0 bridgehead atoms. The highest BCUT2D eigenvalue weighted by molar-refractivity contribution is 5.80. The number of hydrogen-bond acceptors (Lipinski definition) is 4. The van der Waals surface area contributed by atoms with Gasteiger partial charge in [-0.1, -0.05) is 12.8 Å². The lowest BCUT2D eigenvalue weighted by atomic mass is 10.0. The minimum atomic E-state index is -0.609. The Morgan fingerprint density at radius 1 is 1.47 bits per heavy atom. The fraction of sp³-hybridized carbons (Fsp3) is 0.923. The Morgan fingerprint density at radius 2 is 2.06 bits per heavy atom. The number of ether oxygens (including phenoxy) is 1. The zero-order chi connectivity index (χ0) is 12.9. The van der Waals surface area contributed by atoms with Crippen molar-refractivity contribution in [2.75, 3.05) is 34.3 Å². The van der Waals surface area contributed by atoms with Crippen molar-refractivity contribution in [3.8, 4) is 0 Å². The zero-order valence-electron chi connectivity index (χ0n) is 11.6. The first-order valence-corrected chi connectivity index (χ1v) is 6.47. The van der Waals surface area contributed by atoms with Crippen molar-refractivity contribution in [1.29, 1.82) is 0 Å². The van der Waals surface area contributed by atoms with Crippen LogP contribution >= 0.6 is 0 Å². The van der Waals surface area contributed by atoms with Crippen LogP contribution in [0.1, 0.15) is 32.6 Å². The van der Waals surface area contributed by atoms with Crippen molar-refractivity contribution in [3.63, 3.8) is 0 Å². The third kappa shape index (κ3) is 3.96. The molecular weight excluding hydrogens is 216 g/mol. The molecule has 4 heteroatoms. The van der Waals surface area contributed by atoms with E-state index in [0.29, 0.717) is 6.54 Å². The van der Waals surface area contributed by atoms with Crippen LogP contribution in [-0.4, -0.2) is 50.7 Å². The van der Waals surface area contributed by atoms with Crippen molar-refractivity contribution < 1.29 is 9.53 Å². The first-order chi connectivity index (χ1) is 8.01.